The zero-order valence-corrected chi connectivity index (χ0v) is 5.47. The van der Waals surface area contributed by atoms with Crippen molar-refractivity contribution in [3.05, 3.63) is 0 Å². The molecule has 2 N–H and O–H groups in total. The van der Waals surface area contributed by atoms with Crippen LogP contribution < -0.4 is 5.32 Å². The summed E-state index contributed by atoms with van der Waals surface area (Å²) in [6, 6.07) is 0. The molecule has 0 bridgehead atoms. The maximum atomic E-state index is 8.33. The number of hydrogen-bond acceptors (Lipinski definition) is 3. The highest BCUT2D eigenvalue weighted by molar-refractivity contribution is 4.73. The third-order valence-electron chi connectivity index (χ3n) is 1.46. The van der Waals surface area contributed by atoms with Gasteiger partial charge in [0.1, 0.15) is 0 Å². The van der Waals surface area contributed by atoms with E-state index < -0.39 is 0 Å². The first-order chi connectivity index (χ1) is 4.43. The lowest BCUT2D eigenvalue weighted by Gasteiger charge is -2.26. The second kappa shape index (κ2) is 3.82. The van der Waals surface area contributed by atoms with E-state index in [0.29, 0.717) is 12.5 Å². The lowest BCUT2D eigenvalue weighted by molar-refractivity contribution is 0.0541. The number of ether oxygens (including phenoxy) is 1. The minimum absolute atomic E-state index is 0.139. The average molecular weight is 131 g/mol. The molecule has 0 unspecified atom stereocenters. The number of aliphatic hydroxyl groups excluding tert-OH is 1. The Labute approximate surface area is 55.0 Å². The monoisotopic (exact) mass is 131 g/mol. The maximum absolute atomic E-state index is 8.33. The van der Waals surface area contributed by atoms with Gasteiger partial charge < -0.3 is 15.2 Å². The van der Waals surface area contributed by atoms with Crippen LogP contribution in [0.2, 0.25) is 0 Å². The predicted octanol–water partition coefficient (Wildman–Crippen LogP) is -0.785. The number of rotatable bonds is 4. The number of hydrogen-bond donors (Lipinski definition) is 2. The fourth-order valence-electron chi connectivity index (χ4n) is 0.781. The molecule has 0 aromatic carbocycles. The van der Waals surface area contributed by atoms with Gasteiger partial charge in [-0.3, -0.25) is 0 Å². The smallest absolute Gasteiger partial charge is 0.0697 e. The Balaban J connectivity index is 1.80. The minimum atomic E-state index is 0.139. The fourth-order valence-corrected chi connectivity index (χ4v) is 0.781. The van der Waals surface area contributed by atoms with E-state index in [1.807, 2.05) is 0 Å². The van der Waals surface area contributed by atoms with Gasteiger partial charge in [-0.25, -0.2) is 0 Å². The highest BCUT2D eigenvalue weighted by Gasteiger charge is 2.15. The summed E-state index contributed by atoms with van der Waals surface area (Å²) in [6.07, 6.45) is 0. The first-order valence-corrected chi connectivity index (χ1v) is 3.33. The highest BCUT2D eigenvalue weighted by atomic mass is 16.5. The molecule has 0 atom stereocenters. The van der Waals surface area contributed by atoms with Crippen LogP contribution in [0.1, 0.15) is 0 Å². The Hall–Kier alpha value is -0.120. The normalized spacial score (nSPS) is 19.7. The van der Waals surface area contributed by atoms with Crippen molar-refractivity contribution in [1.29, 1.82) is 0 Å². The zero-order chi connectivity index (χ0) is 6.53. The van der Waals surface area contributed by atoms with Gasteiger partial charge in [0.2, 0.25) is 0 Å². The predicted molar refractivity (Wildman–Crippen MR) is 34.3 cm³/mol. The molecule has 0 aromatic heterocycles. The van der Waals surface area contributed by atoms with Crippen LogP contribution in [-0.2, 0) is 4.74 Å². The molecule has 0 radical (unpaired) electrons. The molecule has 1 rings (SSSR count). The molecule has 1 aliphatic heterocycles. The lowest BCUT2D eigenvalue weighted by Crippen LogP contribution is -2.44. The van der Waals surface area contributed by atoms with E-state index in [9.17, 15) is 0 Å². The molecule has 54 valence electrons. The van der Waals surface area contributed by atoms with E-state index in [1.165, 1.54) is 0 Å². The van der Waals surface area contributed by atoms with Crippen molar-refractivity contribution in [2.24, 2.45) is 5.92 Å². The van der Waals surface area contributed by atoms with Crippen LogP contribution in [0.25, 0.3) is 0 Å². The molecule has 0 saturated carbocycles. The van der Waals surface area contributed by atoms with Gasteiger partial charge in [-0.1, -0.05) is 0 Å². The molecule has 9 heavy (non-hydrogen) atoms. The molecule has 0 aliphatic carbocycles. The van der Waals surface area contributed by atoms with Crippen LogP contribution in [0, 0.1) is 5.92 Å². The summed E-state index contributed by atoms with van der Waals surface area (Å²) < 4.78 is 5.10. The summed E-state index contributed by atoms with van der Waals surface area (Å²) in [5.74, 6) is 0.691. The van der Waals surface area contributed by atoms with Crippen molar-refractivity contribution in [1.82, 2.24) is 5.32 Å². The van der Waals surface area contributed by atoms with Crippen molar-refractivity contribution in [2.45, 2.75) is 0 Å². The van der Waals surface area contributed by atoms with Crippen LogP contribution in [-0.4, -0.2) is 38.0 Å². The van der Waals surface area contributed by atoms with E-state index in [1.54, 1.807) is 0 Å². The quantitative estimate of drug-likeness (QED) is 0.491. The van der Waals surface area contributed by atoms with Gasteiger partial charge in [-0.15, -0.1) is 0 Å². The summed E-state index contributed by atoms with van der Waals surface area (Å²) >= 11 is 0. The Bertz CT molecular complexity index is 73.5. The van der Waals surface area contributed by atoms with Crippen LogP contribution in [0.3, 0.4) is 0 Å². The van der Waals surface area contributed by atoms with Gasteiger partial charge in [0.05, 0.1) is 19.8 Å². The van der Waals surface area contributed by atoms with Gasteiger partial charge >= 0.3 is 0 Å². The van der Waals surface area contributed by atoms with Gasteiger partial charge in [-0.05, 0) is 0 Å². The molecule has 1 aliphatic rings. The molecule has 3 nitrogen and oxygen atoms in total. The molecule has 3 heteroatoms. The van der Waals surface area contributed by atoms with Crippen LogP contribution in [0.4, 0.5) is 0 Å². The number of aliphatic hydroxyl groups is 1. The third-order valence-corrected chi connectivity index (χ3v) is 1.46. The van der Waals surface area contributed by atoms with Gasteiger partial charge in [0.25, 0.3) is 0 Å². The molecule has 0 spiro atoms. The topological polar surface area (TPSA) is 41.5 Å². The number of nitrogens with one attached hydrogen (secondary N) is 1. The van der Waals surface area contributed by atoms with E-state index in [4.69, 9.17) is 9.84 Å². The Kier molecular flexibility index (Phi) is 2.97. The van der Waals surface area contributed by atoms with Gasteiger partial charge in [-0.2, -0.15) is 0 Å². The Morgan fingerprint density at radius 3 is 2.78 bits per heavy atom. The van der Waals surface area contributed by atoms with E-state index in [-0.39, 0.29) is 6.61 Å². The Morgan fingerprint density at radius 2 is 2.33 bits per heavy atom. The van der Waals surface area contributed by atoms with E-state index in [0.717, 1.165) is 19.7 Å². The second-order valence-electron chi connectivity index (χ2n) is 2.32. The fraction of sp³-hybridized carbons (Fsp3) is 1.00. The molecular formula is C6H13NO2. The van der Waals surface area contributed by atoms with E-state index >= 15 is 0 Å². The largest absolute Gasteiger partial charge is 0.394 e. The standard InChI is InChI=1S/C6H13NO2/c8-1-2-9-5-6-3-7-4-6/h6-8H,1-5H2. The average Bonchev–Trinajstić information content (AvgIpc) is 1.76. The summed E-state index contributed by atoms with van der Waals surface area (Å²) in [5.41, 5.74) is 0. The van der Waals surface area contributed by atoms with Crippen molar-refractivity contribution < 1.29 is 9.84 Å². The third kappa shape index (κ3) is 2.30. The first-order valence-electron chi connectivity index (χ1n) is 3.33. The molecule has 1 heterocycles. The first kappa shape index (κ1) is 6.99. The Morgan fingerprint density at radius 1 is 1.56 bits per heavy atom. The van der Waals surface area contributed by atoms with Crippen molar-refractivity contribution in [3.63, 3.8) is 0 Å². The van der Waals surface area contributed by atoms with Crippen molar-refractivity contribution >= 4 is 0 Å². The van der Waals surface area contributed by atoms with Crippen LogP contribution in [0.15, 0.2) is 0 Å². The summed E-state index contributed by atoms with van der Waals surface area (Å²) in [4.78, 5) is 0. The molecule has 1 saturated heterocycles. The maximum Gasteiger partial charge on any atom is 0.0697 e. The highest BCUT2D eigenvalue weighted by Crippen LogP contribution is 2.01. The molecule has 0 aromatic rings. The SMILES string of the molecule is OCCOCC1CNC1. The zero-order valence-electron chi connectivity index (χ0n) is 5.47. The van der Waals surface area contributed by atoms with Crippen LogP contribution >= 0.6 is 0 Å². The summed E-state index contributed by atoms with van der Waals surface area (Å²) in [7, 11) is 0. The molecular weight excluding hydrogens is 118 g/mol. The van der Waals surface area contributed by atoms with Gasteiger partial charge in [0, 0.05) is 19.0 Å². The minimum Gasteiger partial charge on any atom is -0.394 e. The summed E-state index contributed by atoms with van der Waals surface area (Å²) in [6.45, 7) is 3.57. The van der Waals surface area contributed by atoms with E-state index in [2.05, 4.69) is 5.32 Å². The van der Waals surface area contributed by atoms with Gasteiger partial charge in [0.15, 0.2) is 0 Å². The summed E-state index contributed by atoms with van der Waals surface area (Å²) in [5, 5.41) is 11.5. The lowest BCUT2D eigenvalue weighted by atomic mass is 10.1. The molecule has 0 amide bonds. The second-order valence-corrected chi connectivity index (χ2v) is 2.32. The molecule has 1 fully saturated rings. The van der Waals surface area contributed by atoms with Crippen LogP contribution in [0.5, 0.6) is 0 Å². The van der Waals surface area contributed by atoms with Crippen molar-refractivity contribution in [2.75, 3.05) is 32.9 Å². The van der Waals surface area contributed by atoms with Crippen molar-refractivity contribution in [3.8, 4) is 0 Å².